The van der Waals surface area contributed by atoms with Crippen molar-refractivity contribution in [2.24, 2.45) is 4.99 Å². The number of ether oxygens (including phenoxy) is 1. The summed E-state index contributed by atoms with van der Waals surface area (Å²) in [5, 5.41) is 10.8. The monoisotopic (exact) mass is 404 g/mol. The standard InChI is InChI=1S/C20H29FN6O2/c1-15(29-17-9-4-3-8-16(17)21)14-24-19(22-2)23-11-7-13-27-20(28)26-12-6-5-10-18(26)25-27/h3-4,8-9,15H,5-7,10-14H2,1-2H3,(H2,22,23,24). The van der Waals surface area contributed by atoms with E-state index in [0.717, 1.165) is 38.1 Å². The van der Waals surface area contributed by atoms with Crippen molar-refractivity contribution in [3.8, 4) is 5.75 Å². The molecule has 1 atom stereocenters. The molecule has 0 aliphatic carbocycles. The molecular formula is C20H29FN6O2. The summed E-state index contributed by atoms with van der Waals surface area (Å²) in [5.74, 6) is 1.39. The minimum atomic E-state index is -0.377. The van der Waals surface area contributed by atoms with Crippen molar-refractivity contribution in [2.45, 2.75) is 51.8 Å². The van der Waals surface area contributed by atoms with Gasteiger partial charge in [0.15, 0.2) is 17.5 Å². The second-order valence-corrected chi connectivity index (χ2v) is 7.12. The van der Waals surface area contributed by atoms with E-state index in [1.807, 2.05) is 6.92 Å². The van der Waals surface area contributed by atoms with E-state index in [1.54, 1.807) is 34.5 Å². The zero-order chi connectivity index (χ0) is 20.6. The van der Waals surface area contributed by atoms with Gasteiger partial charge in [-0.05, 0) is 38.3 Å². The Hall–Kier alpha value is -2.84. The van der Waals surface area contributed by atoms with E-state index in [2.05, 4.69) is 20.7 Å². The second kappa shape index (κ2) is 10.1. The molecule has 1 aromatic carbocycles. The number of benzene rings is 1. The Balaban J connectivity index is 1.39. The summed E-state index contributed by atoms with van der Waals surface area (Å²) in [7, 11) is 1.69. The maximum absolute atomic E-state index is 13.7. The number of halogens is 1. The number of fused-ring (bicyclic) bond motifs is 1. The molecule has 0 saturated carbocycles. The van der Waals surface area contributed by atoms with Crippen LogP contribution in [0.3, 0.4) is 0 Å². The van der Waals surface area contributed by atoms with Crippen LogP contribution >= 0.6 is 0 Å². The van der Waals surface area contributed by atoms with Gasteiger partial charge in [-0.25, -0.2) is 13.9 Å². The van der Waals surface area contributed by atoms with E-state index >= 15 is 0 Å². The third-order valence-corrected chi connectivity index (χ3v) is 4.82. The van der Waals surface area contributed by atoms with E-state index in [9.17, 15) is 9.18 Å². The number of rotatable bonds is 8. The van der Waals surface area contributed by atoms with Crippen molar-refractivity contribution in [1.29, 1.82) is 0 Å². The maximum Gasteiger partial charge on any atom is 0.345 e. The lowest BCUT2D eigenvalue weighted by Crippen LogP contribution is -2.42. The van der Waals surface area contributed by atoms with Crippen LogP contribution in [-0.2, 0) is 19.5 Å². The van der Waals surface area contributed by atoms with Crippen LogP contribution in [0.25, 0.3) is 0 Å². The average Bonchev–Trinajstić information content (AvgIpc) is 3.05. The molecular weight excluding hydrogens is 375 g/mol. The van der Waals surface area contributed by atoms with Crippen molar-refractivity contribution >= 4 is 5.96 Å². The molecule has 9 heteroatoms. The summed E-state index contributed by atoms with van der Waals surface area (Å²) in [6.45, 7) is 4.32. The van der Waals surface area contributed by atoms with Gasteiger partial charge in [0.2, 0.25) is 0 Å². The summed E-state index contributed by atoms with van der Waals surface area (Å²) in [4.78, 5) is 16.5. The molecule has 0 spiro atoms. The van der Waals surface area contributed by atoms with E-state index in [0.29, 0.717) is 25.6 Å². The minimum absolute atomic E-state index is 0.0127. The van der Waals surface area contributed by atoms with Gasteiger partial charge in [0.05, 0.1) is 6.54 Å². The molecule has 2 aromatic rings. The largest absolute Gasteiger partial charge is 0.486 e. The molecule has 2 N–H and O–H groups in total. The van der Waals surface area contributed by atoms with E-state index in [4.69, 9.17) is 4.74 Å². The quantitative estimate of drug-likeness (QED) is 0.396. The number of aliphatic imine (C=N–C) groups is 1. The molecule has 8 nitrogen and oxygen atoms in total. The van der Waals surface area contributed by atoms with Gasteiger partial charge in [0.1, 0.15) is 11.9 Å². The molecule has 0 amide bonds. The fourth-order valence-electron chi connectivity index (χ4n) is 3.29. The predicted octanol–water partition coefficient (Wildman–Crippen LogP) is 1.54. The molecule has 29 heavy (non-hydrogen) atoms. The van der Waals surface area contributed by atoms with Crippen LogP contribution in [0.15, 0.2) is 34.1 Å². The van der Waals surface area contributed by atoms with Crippen LogP contribution in [0.1, 0.15) is 32.0 Å². The zero-order valence-electron chi connectivity index (χ0n) is 17.0. The molecule has 1 unspecified atom stereocenters. The van der Waals surface area contributed by atoms with Gasteiger partial charge in [-0.2, -0.15) is 5.10 Å². The number of guanidine groups is 1. The number of aryl methyl sites for hydroxylation is 2. The van der Waals surface area contributed by atoms with E-state index < -0.39 is 0 Å². The number of para-hydroxylation sites is 1. The SMILES string of the molecule is CN=C(NCCCn1nc2n(c1=O)CCCC2)NCC(C)Oc1ccccc1F. The average molecular weight is 404 g/mol. The van der Waals surface area contributed by atoms with Crippen LogP contribution in [0, 0.1) is 5.82 Å². The summed E-state index contributed by atoms with van der Waals surface area (Å²) >= 11 is 0. The smallest absolute Gasteiger partial charge is 0.345 e. The summed E-state index contributed by atoms with van der Waals surface area (Å²) in [5.41, 5.74) is -0.0127. The molecule has 1 aliphatic heterocycles. The highest BCUT2D eigenvalue weighted by Gasteiger charge is 2.16. The molecule has 0 radical (unpaired) electrons. The fraction of sp³-hybridized carbons (Fsp3) is 0.550. The topological polar surface area (TPSA) is 85.5 Å². The Morgan fingerprint density at radius 3 is 2.93 bits per heavy atom. The predicted molar refractivity (Wildman–Crippen MR) is 110 cm³/mol. The van der Waals surface area contributed by atoms with Crippen LogP contribution in [0.2, 0.25) is 0 Å². The van der Waals surface area contributed by atoms with Gasteiger partial charge in [-0.1, -0.05) is 12.1 Å². The molecule has 0 bridgehead atoms. The van der Waals surface area contributed by atoms with Gasteiger partial charge in [-0.3, -0.25) is 9.56 Å². The molecule has 2 heterocycles. The first-order valence-corrected chi connectivity index (χ1v) is 10.1. The summed E-state index contributed by atoms with van der Waals surface area (Å²) in [6.07, 6.45) is 3.53. The van der Waals surface area contributed by atoms with Crippen molar-refractivity contribution in [1.82, 2.24) is 25.0 Å². The van der Waals surface area contributed by atoms with Crippen molar-refractivity contribution < 1.29 is 9.13 Å². The molecule has 1 aromatic heterocycles. The Morgan fingerprint density at radius 2 is 2.17 bits per heavy atom. The highest BCUT2D eigenvalue weighted by Crippen LogP contribution is 2.16. The molecule has 0 fully saturated rings. The van der Waals surface area contributed by atoms with Gasteiger partial charge in [-0.15, -0.1) is 0 Å². The molecule has 158 valence electrons. The van der Waals surface area contributed by atoms with E-state index in [-0.39, 0.29) is 23.4 Å². The number of aromatic nitrogens is 3. The van der Waals surface area contributed by atoms with Crippen molar-refractivity contribution in [3.63, 3.8) is 0 Å². The third kappa shape index (κ3) is 5.58. The van der Waals surface area contributed by atoms with Crippen molar-refractivity contribution in [3.05, 3.63) is 46.4 Å². The van der Waals surface area contributed by atoms with Gasteiger partial charge in [0, 0.05) is 33.1 Å². The number of hydrogen-bond donors (Lipinski definition) is 2. The van der Waals surface area contributed by atoms with Crippen molar-refractivity contribution in [2.75, 3.05) is 20.1 Å². The third-order valence-electron chi connectivity index (χ3n) is 4.82. The number of hydrogen-bond acceptors (Lipinski definition) is 4. The first kappa shape index (κ1) is 20.9. The normalized spacial score (nSPS) is 14.9. The highest BCUT2D eigenvalue weighted by molar-refractivity contribution is 5.79. The maximum atomic E-state index is 13.7. The fourth-order valence-corrected chi connectivity index (χ4v) is 3.29. The first-order chi connectivity index (χ1) is 14.1. The minimum Gasteiger partial charge on any atom is -0.486 e. The Labute approximate surface area is 169 Å². The van der Waals surface area contributed by atoms with Crippen LogP contribution in [0.5, 0.6) is 5.75 Å². The summed E-state index contributed by atoms with van der Waals surface area (Å²) < 4.78 is 22.6. The molecule has 3 rings (SSSR count). The lowest BCUT2D eigenvalue weighted by atomic mass is 10.2. The van der Waals surface area contributed by atoms with Gasteiger partial charge >= 0.3 is 5.69 Å². The Morgan fingerprint density at radius 1 is 1.34 bits per heavy atom. The van der Waals surface area contributed by atoms with Gasteiger partial charge < -0.3 is 15.4 Å². The van der Waals surface area contributed by atoms with Crippen LogP contribution in [0.4, 0.5) is 4.39 Å². The van der Waals surface area contributed by atoms with Crippen LogP contribution < -0.4 is 21.1 Å². The lowest BCUT2D eigenvalue weighted by molar-refractivity contribution is 0.214. The lowest BCUT2D eigenvalue weighted by Gasteiger charge is -2.18. The first-order valence-electron chi connectivity index (χ1n) is 10.1. The Kier molecular flexibility index (Phi) is 7.26. The highest BCUT2D eigenvalue weighted by atomic mass is 19.1. The Bertz CT molecular complexity index is 891. The summed E-state index contributed by atoms with van der Waals surface area (Å²) in [6, 6.07) is 6.34. The second-order valence-electron chi connectivity index (χ2n) is 7.12. The number of nitrogens with one attached hydrogen (secondary N) is 2. The zero-order valence-corrected chi connectivity index (χ0v) is 17.0. The molecule has 0 saturated heterocycles. The molecule has 1 aliphatic rings. The van der Waals surface area contributed by atoms with Gasteiger partial charge in [0.25, 0.3) is 0 Å². The number of nitrogens with zero attached hydrogens (tertiary/aromatic N) is 4. The van der Waals surface area contributed by atoms with Crippen LogP contribution in [-0.4, -0.2) is 46.5 Å². The van der Waals surface area contributed by atoms with E-state index in [1.165, 1.54) is 6.07 Å².